The summed E-state index contributed by atoms with van der Waals surface area (Å²) in [5.74, 6) is 2.36. The van der Waals surface area contributed by atoms with Crippen LogP contribution < -0.4 is 5.32 Å². The monoisotopic (exact) mass is 345 g/mol. The van der Waals surface area contributed by atoms with Crippen molar-refractivity contribution in [2.24, 2.45) is 0 Å². The highest BCUT2D eigenvalue weighted by Crippen LogP contribution is 2.39. The van der Waals surface area contributed by atoms with Gasteiger partial charge in [-0.05, 0) is 30.0 Å². The molecule has 7 nitrogen and oxygen atoms in total. The minimum Gasteiger partial charge on any atom is -0.363 e. The maximum Gasteiger partial charge on any atom is 0.203 e. The van der Waals surface area contributed by atoms with Crippen LogP contribution in [0.4, 0.5) is 5.82 Å². The number of benzene rings is 1. The second-order valence-electron chi connectivity index (χ2n) is 6.63. The van der Waals surface area contributed by atoms with Gasteiger partial charge in [-0.2, -0.15) is 5.10 Å². The van der Waals surface area contributed by atoms with Crippen LogP contribution in [-0.4, -0.2) is 29.4 Å². The second kappa shape index (κ2) is 6.25. The van der Waals surface area contributed by atoms with E-state index in [1.165, 1.54) is 24.0 Å². The molecule has 1 saturated carbocycles. The Kier molecular flexibility index (Phi) is 3.62. The van der Waals surface area contributed by atoms with Gasteiger partial charge in [-0.25, -0.2) is 4.98 Å². The van der Waals surface area contributed by atoms with E-state index in [0.29, 0.717) is 12.5 Å². The molecule has 3 aromatic heterocycles. The molecule has 7 heteroatoms. The summed E-state index contributed by atoms with van der Waals surface area (Å²) in [6.07, 6.45) is 9.93. The average molecular weight is 345 g/mol. The van der Waals surface area contributed by atoms with Crippen molar-refractivity contribution in [3.8, 4) is 0 Å². The van der Waals surface area contributed by atoms with Crippen LogP contribution in [0.1, 0.15) is 35.7 Å². The number of nitrogens with zero attached hydrogens (tertiary/aromatic N) is 6. The molecule has 130 valence electrons. The maximum absolute atomic E-state index is 4.47. The first-order valence-electron chi connectivity index (χ1n) is 8.86. The third-order valence-electron chi connectivity index (χ3n) is 4.75. The lowest BCUT2D eigenvalue weighted by Gasteiger charge is -2.11. The van der Waals surface area contributed by atoms with Crippen LogP contribution in [0.15, 0.2) is 55.1 Å². The fraction of sp³-hybridized carbons (Fsp3) is 0.263. The third-order valence-corrected chi connectivity index (χ3v) is 4.75. The van der Waals surface area contributed by atoms with Gasteiger partial charge in [0.1, 0.15) is 5.82 Å². The Morgan fingerprint density at radius 1 is 1.00 bits per heavy atom. The van der Waals surface area contributed by atoms with E-state index < -0.39 is 0 Å². The maximum atomic E-state index is 4.47. The molecular weight excluding hydrogens is 326 g/mol. The zero-order chi connectivity index (χ0) is 17.3. The Morgan fingerprint density at radius 3 is 2.69 bits per heavy atom. The summed E-state index contributed by atoms with van der Waals surface area (Å²) < 4.78 is 3.99. The molecule has 0 bridgehead atoms. The molecule has 0 saturated heterocycles. The number of hydrogen-bond acceptors (Lipinski definition) is 5. The van der Waals surface area contributed by atoms with E-state index in [0.717, 1.165) is 23.8 Å². The SMILES string of the molecule is c1ccc(Cn2cccn2)c(CNc2nccn3c(C4CC4)nnc23)c1. The number of fused-ring (bicyclic) bond motifs is 1. The molecule has 26 heavy (non-hydrogen) atoms. The number of aromatic nitrogens is 6. The van der Waals surface area contributed by atoms with E-state index in [1.54, 1.807) is 12.4 Å². The predicted molar refractivity (Wildman–Crippen MR) is 97.9 cm³/mol. The van der Waals surface area contributed by atoms with E-state index in [4.69, 9.17) is 0 Å². The fourth-order valence-corrected chi connectivity index (χ4v) is 3.22. The van der Waals surface area contributed by atoms with Gasteiger partial charge >= 0.3 is 0 Å². The Balaban J connectivity index is 1.39. The fourth-order valence-electron chi connectivity index (χ4n) is 3.22. The van der Waals surface area contributed by atoms with Gasteiger partial charge < -0.3 is 5.32 Å². The van der Waals surface area contributed by atoms with Crippen molar-refractivity contribution in [1.29, 1.82) is 0 Å². The topological polar surface area (TPSA) is 72.9 Å². The molecule has 1 aliphatic rings. The smallest absolute Gasteiger partial charge is 0.203 e. The Hall–Kier alpha value is -3.22. The minimum absolute atomic E-state index is 0.551. The van der Waals surface area contributed by atoms with Crippen LogP contribution in [0.2, 0.25) is 0 Å². The van der Waals surface area contributed by atoms with E-state index in [9.17, 15) is 0 Å². The molecule has 0 unspecified atom stereocenters. The zero-order valence-electron chi connectivity index (χ0n) is 14.3. The summed E-state index contributed by atoms with van der Waals surface area (Å²) >= 11 is 0. The highest BCUT2D eigenvalue weighted by Gasteiger charge is 2.29. The molecule has 0 radical (unpaired) electrons. The average Bonchev–Trinajstić information content (AvgIpc) is 3.20. The molecule has 1 aromatic carbocycles. The van der Waals surface area contributed by atoms with Crippen LogP contribution in [0, 0.1) is 0 Å². The normalized spacial score (nSPS) is 14.0. The van der Waals surface area contributed by atoms with Gasteiger partial charge in [0.25, 0.3) is 0 Å². The quantitative estimate of drug-likeness (QED) is 0.582. The number of anilines is 1. The highest BCUT2D eigenvalue weighted by molar-refractivity contribution is 5.62. The van der Waals surface area contributed by atoms with Crippen molar-refractivity contribution in [2.45, 2.75) is 31.8 Å². The first-order chi connectivity index (χ1) is 12.9. The van der Waals surface area contributed by atoms with Crippen molar-refractivity contribution in [3.05, 3.63) is 72.1 Å². The summed E-state index contributed by atoms with van der Waals surface area (Å²) in [5.41, 5.74) is 3.24. The molecular formula is C19H19N7. The Labute approximate surface area is 150 Å². The van der Waals surface area contributed by atoms with Crippen LogP contribution in [-0.2, 0) is 13.1 Å². The lowest BCUT2D eigenvalue weighted by Crippen LogP contribution is -2.08. The van der Waals surface area contributed by atoms with Gasteiger partial charge in [-0.15, -0.1) is 10.2 Å². The Morgan fingerprint density at radius 2 is 1.88 bits per heavy atom. The predicted octanol–water partition coefficient (Wildman–Crippen LogP) is 2.86. The summed E-state index contributed by atoms with van der Waals surface area (Å²) in [6, 6.07) is 10.3. The van der Waals surface area contributed by atoms with Gasteiger partial charge in [-0.1, -0.05) is 24.3 Å². The van der Waals surface area contributed by atoms with Crippen molar-refractivity contribution in [1.82, 2.24) is 29.4 Å². The van der Waals surface area contributed by atoms with Crippen molar-refractivity contribution in [2.75, 3.05) is 5.32 Å². The molecule has 1 aliphatic carbocycles. The van der Waals surface area contributed by atoms with Crippen LogP contribution in [0.25, 0.3) is 5.65 Å². The highest BCUT2D eigenvalue weighted by atomic mass is 15.3. The van der Waals surface area contributed by atoms with Gasteiger partial charge in [0.15, 0.2) is 5.82 Å². The lowest BCUT2D eigenvalue weighted by molar-refractivity contribution is 0.682. The summed E-state index contributed by atoms with van der Waals surface area (Å²) in [5, 5.41) is 16.4. The van der Waals surface area contributed by atoms with E-state index in [1.807, 2.05) is 23.1 Å². The number of rotatable bonds is 6. The molecule has 0 amide bonds. The largest absolute Gasteiger partial charge is 0.363 e. The van der Waals surface area contributed by atoms with Gasteiger partial charge in [0.2, 0.25) is 5.65 Å². The second-order valence-corrected chi connectivity index (χ2v) is 6.63. The van der Waals surface area contributed by atoms with Gasteiger partial charge in [0, 0.05) is 37.3 Å². The molecule has 3 heterocycles. The van der Waals surface area contributed by atoms with Crippen molar-refractivity contribution >= 4 is 11.5 Å². The third kappa shape index (κ3) is 2.81. The zero-order valence-corrected chi connectivity index (χ0v) is 14.3. The molecule has 1 N–H and O–H groups in total. The van der Waals surface area contributed by atoms with Gasteiger partial charge in [-0.3, -0.25) is 9.08 Å². The first-order valence-corrected chi connectivity index (χ1v) is 8.86. The van der Waals surface area contributed by atoms with E-state index in [-0.39, 0.29) is 0 Å². The minimum atomic E-state index is 0.551. The number of hydrogen-bond donors (Lipinski definition) is 1. The molecule has 5 rings (SSSR count). The molecule has 4 aromatic rings. The summed E-state index contributed by atoms with van der Waals surface area (Å²) in [7, 11) is 0. The first kappa shape index (κ1) is 15.1. The number of nitrogens with one attached hydrogen (secondary N) is 1. The lowest BCUT2D eigenvalue weighted by atomic mass is 10.1. The van der Waals surface area contributed by atoms with Crippen LogP contribution >= 0.6 is 0 Å². The summed E-state index contributed by atoms with van der Waals surface area (Å²) in [6.45, 7) is 1.43. The molecule has 0 spiro atoms. The standard InChI is InChI=1S/C19H19N7/c1-2-5-16(13-25-10-3-8-22-25)15(4-1)12-21-17-19-24-23-18(14-6-7-14)26(19)11-9-20-17/h1-5,8-11,14H,6-7,12-13H2,(H,20,21). The molecule has 0 atom stereocenters. The molecule has 0 aliphatic heterocycles. The molecule has 1 fully saturated rings. The summed E-state index contributed by atoms with van der Waals surface area (Å²) in [4.78, 5) is 4.47. The van der Waals surface area contributed by atoms with Crippen molar-refractivity contribution in [3.63, 3.8) is 0 Å². The Bertz CT molecular complexity index is 1030. The van der Waals surface area contributed by atoms with Gasteiger partial charge in [0.05, 0.1) is 6.54 Å². The van der Waals surface area contributed by atoms with E-state index in [2.05, 4.69) is 54.3 Å². The van der Waals surface area contributed by atoms with Crippen molar-refractivity contribution < 1.29 is 0 Å². The van der Waals surface area contributed by atoms with Crippen LogP contribution in [0.5, 0.6) is 0 Å². The van der Waals surface area contributed by atoms with E-state index >= 15 is 0 Å². The van der Waals surface area contributed by atoms with Crippen LogP contribution in [0.3, 0.4) is 0 Å².